The van der Waals surface area contributed by atoms with Gasteiger partial charge in [0.25, 0.3) is 0 Å². The van der Waals surface area contributed by atoms with Gasteiger partial charge < -0.3 is 20.1 Å². The van der Waals surface area contributed by atoms with Gasteiger partial charge in [0.15, 0.2) is 11.5 Å². The van der Waals surface area contributed by atoms with Crippen LogP contribution in [0.25, 0.3) is 0 Å². The van der Waals surface area contributed by atoms with Crippen LogP contribution in [0.2, 0.25) is 5.02 Å². The average molecular weight is 330 g/mol. The van der Waals surface area contributed by atoms with Gasteiger partial charge in [0.05, 0.1) is 13.7 Å². The Labute approximate surface area is 139 Å². The Bertz CT molecular complexity index is 806. The summed E-state index contributed by atoms with van der Waals surface area (Å²) in [7, 11) is 1.54. The first kappa shape index (κ1) is 14.2. The maximum Gasteiger partial charge on any atom is 0.160 e. The number of halogens is 1. The Balaban J connectivity index is 1.78. The zero-order valence-corrected chi connectivity index (χ0v) is 13.3. The van der Waals surface area contributed by atoms with E-state index in [1.54, 1.807) is 12.1 Å². The van der Waals surface area contributed by atoms with Gasteiger partial charge in [0.2, 0.25) is 0 Å². The molecule has 2 aromatic rings. The van der Waals surface area contributed by atoms with E-state index in [0.29, 0.717) is 10.8 Å². The molecule has 0 radical (unpaired) electrons. The molecular formula is C17H16ClN3O2. The average Bonchev–Trinajstić information content (AvgIpc) is 3.03. The van der Waals surface area contributed by atoms with E-state index in [2.05, 4.69) is 15.2 Å². The van der Waals surface area contributed by atoms with Crippen LogP contribution in [0.4, 0.5) is 5.69 Å². The molecule has 0 saturated heterocycles. The first-order valence-corrected chi connectivity index (χ1v) is 7.79. The molecule has 4 rings (SSSR count). The number of rotatable bonds is 2. The van der Waals surface area contributed by atoms with Crippen LogP contribution in [0.15, 0.2) is 41.4 Å². The molecule has 2 N–H and O–H groups in total. The van der Waals surface area contributed by atoms with E-state index in [1.807, 2.05) is 24.3 Å². The lowest BCUT2D eigenvalue weighted by Crippen LogP contribution is -2.41. The first-order valence-electron chi connectivity index (χ1n) is 7.42. The number of aliphatic imine (C=N–C) groups is 1. The minimum atomic E-state index is -0.0981. The summed E-state index contributed by atoms with van der Waals surface area (Å²) in [5.41, 5.74) is 2.96. The molecule has 0 spiro atoms. The molecule has 2 heterocycles. The third kappa shape index (κ3) is 2.28. The minimum absolute atomic E-state index is 0.0981. The van der Waals surface area contributed by atoms with Gasteiger partial charge in [-0.15, -0.1) is 0 Å². The van der Waals surface area contributed by atoms with Gasteiger partial charge in [-0.1, -0.05) is 17.7 Å². The molecule has 0 aliphatic carbocycles. The number of anilines is 1. The fourth-order valence-electron chi connectivity index (χ4n) is 3.15. The largest absolute Gasteiger partial charge is 0.504 e. The lowest BCUT2D eigenvalue weighted by Gasteiger charge is -2.37. The summed E-state index contributed by atoms with van der Waals surface area (Å²) in [6.07, 6.45) is -0.0981. The summed E-state index contributed by atoms with van der Waals surface area (Å²) in [5, 5.41) is 14.3. The number of ether oxygens (including phenoxy) is 1. The Kier molecular flexibility index (Phi) is 3.31. The van der Waals surface area contributed by atoms with Crippen molar-refractivity contribution in [2.45, 2.75) is 6.17 Å². The molecule has 5 nitrogen and oxygen atoms in total. The van der Waals surface area contributed by atoms with Gasteiger partial charge in [-0.3, -0.25) is 4.99 Å². The molecule has 118 valence electrons. The number of phenols is 1. The first-order chi connectivity index (χ1) is 11.2. The third-order valence-corrected chi connectivity index (χ3v) is 4.45. The number of fused-ring (bicyclic) bond motifs is 3. The Morgan fingerprint density at radius 1 is 1.30 bits per heavy atom. The van der Waals surface area contributed by atoms with E-state index in [9.17, 15) is 5.11 Å². The van der Waals surface area contributed by atoms with Crippen molar-refractivity contribution in [1.82, 2.24) is 4.90 Å². The van der Waals surface area contributed by atoms with Crippen molar-refractivity contribution in [3.63, 3.8) is 0 Å². The number of methoxy groups -OCH3 is 1. The van der Waals surface area contributed by atoms with E-state index < -0.39 is 0 Å². The lowest BCUT2D eigenvalue weighted by atomic mass is 10.0. The molecular weight excluding hydrogens is 314 g/mol. The summed E-state index contributed by atoms with van der Waals surface area (Å²) < 4.78 is 5.12. The smallest absolute Gasteiger partial charge is 0.160 e. The summed E-state index contributed by atoms with van der Waals surface area (Å²) in [4.78, 5) is 6.84. The number of amidine groups is 1. The highest BCUT2D eigenvalue weighted by molar-refractivity contribution is 6.31. The van der Waals surface area contributed by atoms with Crippen molar-refractivity contribution < 1.29 is 9.84 Å². The number of hydrogen-bond donors (Lipinski definition) is 2. The van der Waals surface area contributed by atoms with Crippen molar-refractivity contribution in [3.05, 3.63) is 52.5 Å². The van der Waals surface area contributed by atoms with Gasteiger partial charge in [-0.25, -0.2) is 0 Å². The molecule has 1 unspecified atom stereocenters. The van der Waals surface area contributed by atoms with Gasteiger partial charge in [-0.2, -0.15) is 0 Å². The number of aromatic hydroxyl groups is 1. The van der Waals surface area contributed by atoms with E-state index in [-0.39, 0.29) is 11.9 Å². The van der Waals surface area contributed by atoms with Crippen LogP contribution in [0.3, 0.4) is 0 Å². The molecule has 6 heteroatoms. The normalized spacial score (nSPS) is 18.8. The minimum Gasteiger partial charge on any atom is -0.504 e. The Morgan fingerprint density at radius 2 is 2.17 bits per heavy atom. The van der Waals surface area contributed by atoms with Gasteiger partial charge >= 0.3 is 0 Å². The van der Waals surface area contributed by atoms with Crippen molar-refractivity contribution >= 4 is 23.1 Å². The predicted octanol–water partition coefficient (Wildman–Crippen LogP) is 3.24. The highest BCUT2D eigenvalue weighted by Gasteiger charge is 2.34. The van der Waals surface area contributed by atoms with Gasteiger partial charge in [0, 0.05) is 22.8 Å². The molecule has 0 fully saturated rings. The predicted molar refractivity (Wildman–Crippen MR) is 90.6 cm³/mol. The van der Waals surface area contributed by atoms with Crippen LogP contribution in [0.1, 0.15) is 17.3 Å². The second-order valence-corrected chi connectivity index (χ2v) is 6.00. The Morgan fingerprint density at radius 3 is 2.96 bits per heavy atom. The summed E-state index contributed by atoms with van der Waals surface area (Å²) in [6.45, 7) is 1.60. The van der Waals surface area contributed by atoms with E-state index in [1.165, 1.54) is 7.11 Å². The number of nitrogens with one attached hydrogen (secondary N) is 1. The van der Waals surface area contributed by atoms with Crippen LogP contribution in [0, 0.1) is 0 Å². The maximum absolute atomic E-state index is 10.1. The second-order valence-electron chi connectivity index (χ2n) is 5.57. The van der Waals surface area contributed by atoms with E-state index >= 15 is 0 Å². The Hall–Kier alpha value is -2.40. The molecule has 23 heavy (non-hydrogen) atoms. The summed E-state index contributed by atoms with van der Waals surface area (Å²) >= 11 is 6.13. The zero-order valence-electron chi connectivity index (χ0n) is 12.6. The molecule has 0 amide bonds. The fourth-order valence-corrected chi connectivity index (χ4v) is 3.32. The summed E-state index contributed by atoms with van der Waals surface area (Å²) in [5.74, 6) is 1.56. The van der Waals surface area contributed by atoms with Crippen LogP contribution >= 0.6 is 11.6 Å². The van der Waals surface area contributed by atoms with E-state index in [0.717, 1.165) is 35.7 Å². The van der Waals surface area contributed by atoms with Crippen LogP contribution in [-0.4, -0.2) is 36.0 Å². The second kappa shape index (κ2) is 5.35. The van der Waals surface area contributed by atoms with Crippen LogP contribution < -0.4 is 10.1 Å². The van der Waals surface area contributed by atoms with Crippen LogP contribution in [-0.2, 0) is 0 Å². The van der Waals surface area contributed by atoms with Crippen molar-refractivity contribution in [2.75, 3.05) is 25.5 Å². The third-order valence-electron chi connectivity index (χ3n) is 4.22. The van der Waals surface area contributed by atoms with Gasteiger partial charge in [0.1, 0.15) is 12.0 Å². The topological polar surface area (TPSA) is 57.1 Å². The van der Waals surface area contributed by atoms with Crippen molar-refractivity contribution in [2.24, 2.45) is 4.99 Å². The molecule has 1 atom stereocenters. The SMILES string of the molecule is COc1ccc(C2Nc3cc(Cl)ccc3C3=NCCN32)cc1O. The molecule has 0 saturated carbocycles. The van der Waals surface area contributed by atoms with Crippen molar-refractivity contribution in [1.29, 1.82) is 0 Å². The maximum atomic E-state index is 10.1. The fraction of sp³-hybridized carbons (Fsp3) is 0.235. The molecule has 2 aromatic carbocycles. The number of benzene rings is 2. The highest BCUT2D eigenvalue weighted by atomic mass is 35.5. The van der Waals surface area contributed by atoms with Crippen molar-refractivity contribution in [3.8, 4) is 11.5 Å². The molecule has 0 bridgehead atoms. The summed E-state index contributed by atoms with van der Waals surface area (Å²) in [6, 6.07) is 11.2. The van der Waals surface area contributed by atoms with Crippen LogP contribution in [0.5, 0.6) is 11.5 Å². The number of nitrogens with zero attached hydrogens (tertiary/aromatic N) is 2. The molecule has 2 aliphatic rings. The van der Waals surface area contributed by atoms with Gasteiger partial charge in [-0.05, 0) is 35.9 Å². The molecule has 2 aliphatic heterocycles. The monoisotopic (exact) mass is 329 g/mol. The number of phenolic OH excluding ortho intramolecular Hbond substituents is 1. The quantitative estimate of drug-likeness (QED) is 0.888. The van der Waals surface area contributed by atoms with E-state index in [4.69, 9.17) is 16.3 Å². The molecule has 0 aromatic heterocycles. The lowest BCUT2D eigenvalue weighted by molar-refractivity contribution is 0.359. The highest BCUT2D eigenvalue weighted by Crippen LogP contribution is 2.38. The standard InChI is InChI=1S/C17H16ClN3O2/c1-23-15-5-2-10(8-14(15)22)16-20-13-9-11(18)3-4-12(13)17-19-6-7-21(16)17/h2-5,8-9,16,20,22H,6-7H2,1H3. The zero-order chi connectivity index (χ0) is 16.0. The number of hydrogen-bond acceptors (Lipinski definition) is 5.